The van der Waals surface area contributed by atoms with E-state index in [4.69, 9.17) is 4.74 Å². The van der Waals surface area contributed by atoms with Gasteiger partial charge in [0.25, 0.3) is 5.91 Å². The number of benzene rings is 2. The van der Waals surface area contributed by atoms with Crippen molar-refractivity contribution in [2.24, 2.45) is 0 Å². The highest BCUT2D eigenvalue weighted by molar-refractivity contribution is 6.04. The van der Waals surface area contributed by atoms with Crippen LogP contribution in [0.15, 0.2) is 54.6 Å². The molecule has 0 unspecified atom stereocenters. The van der Waals surface area contributed by atoms with Crippen LogP contribution in [0.5, 0.6) is 0 Å². The van der Waals surface area contributed by atoms with Crippen molar-refractivity contribution in [2.75, 3.05) is 6.61 Å². The zero-order valence-electron chi connectivity index (χ0n) is 16.4. The number of ether oxygens (including phenoxy) is 1. The molecule has 0 aliphatic carbocycles. The van der Waals surface area contributed by atoms with Crippen molar-refractivity contribution >= 4 is 22.8 Å². The first-order chi connectivity index (χ1) is 13.5. The maximum Gasteiger partial charge on any atom is 0.339 e. The van der Waals surface area contributed by atoms with Crippen LogP contribution in [0.3, 0.4) is 0 Å². The second-order valence-electron chi connectivity index (χ2n) is 7.05. The number of nitrogens with one attached hydrogen (secondary N) is 1. The normalized spacial score (nSPS) is 10.9. The minimum absolute atomic E-state index is 0.175. The Kier molecular flexibility index (Phi) is 6.04. The molecule has 0 saturated heterocycles. The third-order valence-electron chi connectivity index (χ3n) is 4.62. The molecular formula is C23H24N2O3. The van der Waals surface area contributed by atoms with Crippen LogP contribution in [0, 0.1) is 6.92 Å². The maximum atomic E-state index is 12.6. The van der Waals surface area contributed by atoms with Crippen molar-refractivity contribution in [3.63, 3.8) is 0 Å². The van der Waals surface area contributed by atoms with Gasteiger partial charge in [-0.25, -0.2) is 4.79 Å². The number of aryl methyl sites for hydroxylation is 1. The van der Waals surface area contributed by atoms with Crippen molar-refractivity contribution < 1.29 is 14.3 Å². The third kappa shape index (κ3) is 4.55. The fourth-order valence-electron chi connectivity index (χ4n) is 2.92. The van der Waals surface area contributed by atoms with Crippen LogP contribution in [0.4, 0.5) is 0 Å². The van der Waals surface area contributed by atoms with Crippen molar-refractivity contribution in [3.05, 3.63) is 77.0 Å². The Morgan fingerprint density at radius 3 is 2.54 bits per heavy atom. The molecule has 0 spiro atoms. The lowest BCUT2D eigenvalue weighted by Crippen LogP contribution is -2.28. The molecule has 0 aliphatic heterocycles. The molecule has 1 N–H and O–H groups in total. The molecule has 3 aromatic rings. The summed E-state index contributed by atoms with van der Waals surface area (Å²) >= 11 is 0. The molecule has 28 heavy (non-hydrogen) atoms. The van der Waals surface area contributed by atoms with Crippen LogP contribution >= 0.6 is 0 Å². The number of hydrogen-bond donors (Lipinski definition) is 1. The number of esters is 1. The third-order valence-corrected chi connectivity index (χ3v) is 4.62. The molecule has 0 bridgehead atoms. The largest absolute Gasteiger partial charge is 0.452 e. The molecule has 0 fully saturated rings. The van der Waals surface area contributed by atoms with Gasteiger partial charge in [0.1, 0.15) is 0 Å². The van der Waals surface area contributed by atoms with Crippen molar-refractivity contribution in [1.29, 1.82) is 0 Å². The molecule has 1 aromatic heterocycles. The van der Waals surface area contributed by atoms with Gasteiger partial charge < -0.3 is 10.1 Å². The summed E-state index contributed by atoms with van der Waals surface area (Å²) in [5, 5.41) is 3.50. The molecular weight excluding hydrogens is 352 g/mol. The summed E-state index contributed by atoms with van der Waals surface area (Å²) in [6.07, 6.45) is 0. The highest BCUT2D eigenvalue weighted by Crippen LogP contribution is 2.23. The van der Waals surface area contributed by atoms with E-state index in [2.05, 4.69) is 10.3 Å². The number of para-hydroxylation sites is 1. The van der Waals surface area contributed by atoms with E-state index in [9.17, 15) is 9.59 Å². The lowest BCUT2D eigenvalue weighted by Gasteiger charge is -2.12. The zero-order chi connectivity index (χ0) is 20.1. The number of carbonyl (C=O) groups excluding carboxylic acids is 2. The first kappa shape index (κ1) is 19.5. The molecule has 3 rings (SSSR count). The highest BCUT2D eigenvalue weighted by atomic mass is 16.5. The lowest BCUT2D eigenvalue weighted by atomic mass is 10.0. The van der Waals surface area contributed by atoms with Gasteiger partial charge >= 0.3 is 5.97 Å². The van der Waals surface area contributed by atoms with Crippen LogP contribution in [0.25, 0.3) is 10.9 Å². The number of pyridine rings is 1. The number of amides is 1. The summed E-state index contributed by atoms with van der Waals surface area (Å²) in [5.74, 6) is -0.681. The SMILES string of the molecule is Cc1ccccc1CNC(=O)COC(=O)c1cc(C(C)C)nc2ccccc12. The molecule has 2 aromatic carbocycles. The first-order valence-electron chi connectivity index (χ1n) is 9.33. The van der Waals surface area contributed by atoms with Crippen LogP contribution in [-0.4, -0.2) is 23.5 Å². The van der Waals surface area contributed by atoms with Gasteiger partial charge in [0.05, 0.1) is 11.1 Å². The Bertz CT molecular complexity index is 1010. The number of nitrogens with zero attached hydrogens (tertiary/aromatic N) is 1. The topological polar surface area (TPSA) is 68.3 Å². The Hall–Kier alpha value is -3.21. The van der Waals surface area contributed by atoms with Crippen LogP contribution in [0.1, 0.15) is 46.9 Å². The van der Waals surface area contributed by atoms with Gasteiger partial charge in [0.15, 0.2) is 6.61 Å². The van der Waals surface area contributed by atoms with Crippen molar-refractivity contribution in [2.45, 2.75) is 33.2 Å². The molecule has 5 nitrogen and oxygen atoms in total. The minimum Gasteiger partial charge on any atom is -0.452 e. The molecule has 0 atom stereocenters. The van der Waals surface area contributed by atoms with E-state index in [1.165, 1.54) is 0 Å². The predicted octanol–water partition coefficient (Wildman–Crippen LogP) is 4.14. The van der Waals surface area contributed by atoms with E-state index in [0.29, 0.717) is 12.1 Å². The first-order valence-corrected chi connectivity index (χ1v) is 9.33. The van der Waals surface area contributed by atoms with Crippen LogP contribution in [-0.2, 0) is 16.1 Å². The van der Waals surface area contributed by atoms with E-state index >= 15 is 0 Å². The van der Waals surface area contributed by atoms with Gasteiger partial charge in [-0.15, -0.1) is 0 Å². The summed E-state index contributed by atoms with van der Waals surface area (Å²) in [6.45, 7) is 6.11. The standard InChI is InChI=1S/C23H24N2O3/c1-15(2)21-12-19(18-10-6-7-11-20(18)25-21)23(27)28-14-22(26)24-13-17-9-5-4-8-16(17)3/h4-12,15H,13-14H2,1-3H3,(H,24,26). The summed E-state index contributed by atoms with van der Waals surface area (Å²) < 4.78 is 5.27. The van der Waals surface area contributed by atoms with E-state index in [0.717, 1.165) is 27.7 Å². The second kappa shape index (κ2) is 8.65. The fourth-order valence-corrected chi connectivity index (χ4v) is 2.92. The van der Waals surface area contributed by atoms with E-state index in [-0.39, 0.29) is 18.4 Å². The van der Waals surface area contributed by atoms with Crippen LogP contribution in [0.2, 0.25) is 0 Å². The Balaban J connectivity index is 1.68. The second-order valence-corrected chi connectivity index (χ2v) is 7.05. The molecule has 144 valence electrons. The number of aromatic nitrogens is 1. The van der Waals surface area contributed by atoms with Gasteiger partial charge in [-0.3, -0.25) is 9.78 Å². The quantitative estimate of drug-likeness (QED) is 0.657. The minimum atomic E-state index is -0.522. The number of rotatable bonds is 6. The summed E-state index contributed by atoms with van der Waals surface area (Å²) in [7, 11) is 0. The van der Waals surface area contributed by atoms with Crippen molar-refractivity contribution in [3.8, 4) is 0 Å². The smallest absolute Gasteiger partial charge is 0.339 e. The average Bonchev–Trinajstić information content (AvgIpc) is 2.70. The van der Waals surface area contributed by atoms with Gasteiger partial charge in [-0.05, 0) is 36.1 Å². The molecule has 0 radical (unpaired) electrons. The molecule has 0 saturated carbocycles. The van der Waals surface area contributed by atoms with E-state index in [1.807, 2.05) is 69.3 Å². The van der Waals surface area contributed by atoms with E-state index in [1.54, 1.807) is 6.07 Å². The monoisotopic (exact) mass is 376 g/mol. The summed E-state index contributed by atoms with van der Waals surface area (Å²) in [5.41, 5.74) is 4.12. The van der Waals surface area contributed by atoms with Gasteiger partial charge in [0, 0.05) is 17.6 Å². The summed E-state index contributed by atoms with van der Waals surface area (Å²) in [6, 6.07) is 17.0. The van der Waals surface area contributed by atoms with Gasteiger partial charge in [0.2, 0.25) is 0 Å². The number of carbonyl (C=O) groups is 2. The molecule has 5 heteroatoms. The summed E-state index contributed by atoms with van der Waals surface area (Å²) in [4.78, 5) is 29.3. The zero-order valence-corrected chi connectivity index (χ0v) is 16.4. The van der Waals surface area contributed by atoms with Gasteiger partial charge in [-0.1, -0.05) is 56.3 Å². The Morgan fingerprint density at radius 2 is 1.79 bits per heavy atom. The Labute approximate surface area is 164 Å². The predicted molar refractivity (Wildman–Crippen MR) is 109 cm³/mol. The molecule has 1 heterocycles. The fraction of sp³-hybridized carbons (Fsp3) is 0.261. The highest BCUT2D eigenvalue weighted by Gasteiger charge is 2.17. The van der Waals surface area contributed by atoms with Crippen molar-refractivity contribution in [1.82, 2.24) is 10.3 Å². The molecule has 0 aliphatic rings. The maximum absolute atomic E-state index is 12.6. The average molecular weight is 376 g/mol. The lowest BCUT2D eigenvalue weighted by molar-refractivity contribution is -0.124. The number of hydrogen-bond acceptors (Lipinski definition) is 4. The van der Waals surface area contributed by atoms with Crippen LogP contribution < -0.4 is 5.32 Å². The number of fused-ring (bicyclic) bond motifs is 1. The van der Waals surface area contributed by atoms with Gasteiger partial charge in [-0.2, -0.15) is 0 Å². The molecule has 1 amide bonds. The van der Waals surface area contributed by atoms with E-state index < -0.39 is 5.97 Å². The Morgan fingerprint density at radius 1 is 1.07 bits per heavy atom.